The molecule has 30 heavy (non-hydrogen) atoms. The molecule has 3 aromatic rings. The molecule has 1 aliphatic carbocycles. The van der Waals surface area contributed by atoms with Crippen molar-refractivity contribution in [1.29, 1.82) is 0 Å². The van der Waals surface area contributed by atoms with E-state index in [9.17, 15) is 4.79 Å². The van der Waals surface area contributed by atoms with Crippen LogP contribution in [0.15, 0.2) is 47.4 Å². The maximum atomic E-state index is 13.1. The molecule has 2 aromatic heterocycles. The zero-order valence-corrected chi connectivity index (χ0v) is 16.3. The molecule has 1 saturated carbocycles. The van der Waals surface area contributed by atoms with Gasteiger partial charge in [-0.05, 0) is 25.0 Å². The Labute approximate surface area is 172 Å². The summed E-state index contributed by atoms with van der Waals surface area (Å²) in [4.78, 5) is 25.9. The second-order valence-electron chi connectivity index (χ2n) is 7.51. The van der Waals surface area contributed by atoms with E-state index in [2.05, 4.69) is 25.4 Å². The third-order valence-electron chi connectivity index (χ3n) is 5.50. The monoisotopic (exact) mass is 407 g/mol. The van der Waals surface area contributed by atoms with Crippen molar-refractivity contribution in [3.8, 4) is 23.0 Å². The average molecular weight is 407 g/mol. The number of carbonyl (C=O) groups excluding carboxylic acids is 1. The van der Waals surface area contributed by atoms with Crippen molar-refractivity contribution in [2.45, 2.75) is 43.7 Å². The Morgan fingerprint density at radius 2 is 1.93 bits per heavy atom. The molecule has 1 aromatic carbocycles. The molecule has 0 saturated heterocycles. The van der Waals surface area contributed by atoms with Crippen molar-refractivity contribution in [2.75, 3.05) is 6.61 Å². The Balaban J connectivity index is 1.38. The zero-order valence-electron chi connectivity index (χ0n) is 16.3. The molecule has 1 atom stereocenters. The quantitative estimate of drug-likeness (QED) is 0.702. The second kappa shape index (κ2) is 7.74. The van der Waals surface area contributed by atoms with Crippen LogP contribution < -0.4 is 14.8 Å². The molecule has 3 heterocycles. The van der Waals surface area contributed by atoms with Gasteiger partial charge in [0, 0.05) is 12.4 Å². The van der Waals surface area contributed by atoms with E-state index >= 15 is 0 Å². The highest BCUT2D eigenvalue weighted by Crippen LogP contribution is 2.38. The van der Waals surface area contributed by atoms with E-state index in [4.69, 9.17) is 14.0 Å². The Bertz CT molecular complexity index is 1030. The molecule has 0 bridgehead atoms. The van der Waals surface area contributed by atoms with E-state index in [0.717, 1.165) is 19.3 Å². The molecular weight excluding hydrogens is 386 g/mol. The molecule has 1 N–H and O–H groups in total. The minimum atomic E-state index is -0.749. The van der Waals surface area contributed by atoms with Crippen molar-refractivity contribution >= 4 is 5.91 Å². The van der Waals surface area contributed by atoms with Gasteiger partial charge in [-0.1, -0.05) is 36.6 Å². The summed E-state index contributed by atoms with van der Waals surface area (Å²) in [6.45, 7) is 0.146. The van der Waals surface area contributed by atoms with E-state index in [1.165, 1.54) is 0 Å². The van der Waals surface area contributed by atoms with Gasteiger partial charge in [-0.3, -0.25) is 9.78 Å². The summed E-state index contributed by atoms with van der Waals surface area (Å²) in [5.74, 6) is 1.67. The molecule has 9 nitrogen and oxygen atoms in total. The van der Waals surface area contributed by atoms with Crippen LogP contribution in [0.3, 0.4) is 0 Å². The standard InChI is InChI=1S/C21H21N5O4/c27-19(17-13-28-15-6-2-3-7-16(15)29-17)25-21(8-4-1-5-9-21)20-24-18(26-30-20)14-12-22-10-11-23-14/h2-3,6-7,10-12,17H,1,4-5,8-9,13H2,(H,25,27)/t17-/m1/s1. The number of hydrogen-bond acceptors (Lipinski definition) is 8. The number of hydrogen-bond donors (Lipinski definition) is 1. The van der Waals surface area contributed by atoms with Crippen LogP contribution in [0.4, 0.5) is 0 Å². The Morgan fingerprint density at radius 3 is 2.73 bits per heavy atom. The van der Waals surface area contributed by atoms with Crippen molar-refractivity contribution in [3.05, 3.63) is 48.7 Å². The number of benzene rings is 1. The van der Waals surface area contributed by atoms with Crippen LogP contribution in [0, 0.1) is 0 Å². The first-order valence-electron chi connectivity index (χ1n) is 10.0. The molecule has 1 fully saturated rings. The van der Waals surface area contributed by atoms with Gasteiger partial charge < -0.3 is 19.3 Å². The Kier molecular flexibility index (Phi) is 4.78. The van der Waals surface area contributed by atoms with Crippen LogP contribution in [0.25, 0.3) is 11.5 Å². The normalized spacial score (nSPS) is 19.8. The van der Waals surface area contributed by atoms with Gasteiger partial charge in [0.1, 0.15) is 17.8 Å². The van der Waals surface area contributed by atoms with E-state index in [-0.39, 0.29) is 12.5 Å². The number of amides is 1. The number of ether oxygens (including phenoxy) is 2. The topological polar surface area (TPSA) is 112 Å². The Morgan fingerprint density at radius 1 is 1.10 bits per heavy atom. The van der Waals surface area contributed by atoms with Gasteiger partial charge >= 0.3 is 0 Å². The Hall–Kier alpha value is -3.49. The number of nitrogens with zero attached hydrogens (tertiary/aromatic N) is 4. The van der Waals surface area contributed by atoms with E-state index < -0.39 is 11.6 Å². The fourth-order valence-electron chi connectivity index (χ4n) is 3.95. The number of aromatic nitrogens is 4. The fraction of sp³-hybridized carbons (Fsp3) is 0.381. The lowest BCUT2D eigenvalue weighted by Gasteiger charge is -2.36. The minimum absolute atomic E-state index is 0.146. The predicted molar refractivity (Wildman–Crippen MR) is 105 cm³/mol. The maximum absolute atomic E-state index is 13.1. The molecule has 9 heteroatoms. The molecular formula is C21H21N5O4. The van der Waals surface area contributed by atoms with Crippen LogP contribution in [-0.4, -0.2) is 38.7 Å². The van der Waals surface area contributed by atoms with Gasteiger partial charge in [0.15, 0.2) is 11.5 Å². The van der Waals surface area contributed by atoms with E-state index in [1.54, 1.807) is 24.7 Å². The number of fused-ring (bicyclic) bond motifs is 1. The van der Waals surface area contributed by atoms with Crippen LogP contribution in [0.5, 0.6) is 11.5 Å². The fourth-order valence-corrected chi connectivity index (χ4v) is 3.95. The summed E-state index contributed by atoms with van der Waals surface area (Å²) >= 11 is 0. The number of nitrogens with one attached hydrogen (secondary N) is 1. The largest absolute Gasteiger partial charge is 0.485 e. The molecule has 0 radical (unpaired) electrons. The highest BCUT2D eigenvalue weighted by atomic mass is 16.6. The van der Waals surface area contributed by atoms with Gasteiger partial charge in [-0.25, -0.2) is 4.98 Å². The molecule has 1 amide bonds. The summed E-state index contributed by atoms with van der Waals surface area (Å²) in [6.07, 6.45) is 8.41. The molecule has 0 spiro atoms. The number of rotatable bonds is 4. The van der Waals surface area contributed by atoms with Gasteiger partial charge in [-0.2, -0.15) is 4.98 Å². The van der Waals surface area contributed by atoms with Gasteiger partial charge in [0.25, 0.3) is 11.8 Å². The first-order chi connectivity index (χ1) is 14.7. The van der Waals surface area contributed by atoms with Gasteiger partial charge in [0.2, 0.25) is 11.9 Å². The van der Waals surface area contributed by atoms with Gasteiger partial charge in [0.05, 0.1) is 6.20 Å². The van der Waals surface area contributed by atoms with Crippen molar-refractivity contribution in [3.63, 3.8) is 0 Å². The molecule has 154 valence electrons. The third kappa shape index (κ3) is 3.47. The number of para-hydroxylation sites is 2. The molecule has 5 rings (SSSR count). The highest BCUT2D eigenvalue weighted by Gasteiger charge is 2.43. The second-order valence-corrected chi connectivity index (χ2v) is 7.51. The van der Waals surface area contributed by atoms with Crippen LogP contribution in [-0.2, 0) is 10.3 Å². The van der Waals surface area contributed by atoms with Crippen molar-refractivity contribution in [2.24, 2.45) is 0 Å². The van der Waals surface area contributed by atoms with Gasteiger partial charge in [-0.15, -0.1) is 0 Å². The average Bonchev–Trinajstić information content (AvgIpc) is 3.31. The van der Waals surface area contributed by atoms with Crippen molar-refractivity contribution in [1.82, 2.24) is 25.4 Å². The lowest BCUT2D eigenvalue weighted by atomic mass is 9.81. The maximum Gasteiger partial charge on any atom is 0.265 e. The van der Waals surface area contributed by atoms with E-state index in [1.807, 2.05) is 18.2 Å². The minimum Gasteiger partial charge on any atom is -0.485 e. The molecule has 2 aliphatic rings. The third-order valence-corrected chi connectivity index (χ3v) is 5.50. The molecule has 1 aliphatic heterocycles. The van der Waals surface area contributed by atoms with Crippen LogP contribution >= 0.6 is 0 Å². The summed E-state index contributed by atoms with van der Waals surface area (Å²) in [5.41, 5.74) is -0.214. The zero-order chi connectivity index (χ0) is 20.4. The summed E-state index contributed by atoms with van der Waals surface area (Å²) in [7, 11) is 0. The van der Waals surface area contributed by atoms with Crippen LogP contribution in [0.1, 0.15) is 38.0 Å². The SMILES string of the molecule is O=C(NC1(c2nc(-c3cnccn3)no2)CCCCC1)[C@H]1COc2ccccc2O1. The van der Waals surface area contributed by atoms with E-state index in [0.29, 0.717) is 41.7 Å². The lowest BCUT2D eigenvalue weighted by Crippen LogP contribution is -2.53. The predicted octanol–water partition coefficient (Wildman–Crippen LogP) is 2.64. The van der Waals surface area contributed by atoms with Crippen LogP contribution in [0.2, 0.25) is 0 Å². The lowest BCUT2D eigenvalue weighted by molar-refractivity contribution is -0.133. The highest BCUT2D eigenvalue weighted by molar-refractivity contribution is 5.82. The summed E-state index contributed by atoms with van der Waals surface area (Å²) in [6, 6.07) is 7.32. The summed E-state index contributed by atoms with van der Waals surface area (Å²) in [5, 5.41) is 7.20. The summed E-state index contributed by atoms with van der Waals surface area (Å²) < 4.78 is 17.2. The number of carbonyl (C=O) groups is 1. The molecule has 0 unspecified atom stereocenters. The smallest absolute Gasteiger partial charge is 0.265 e. The first-order valence-corrected chi connectivity index (χ1v) is 10.0. The van der Waals surface area contributed by atoms with Crippen molar-refractivity contribution < 1.29 is 18.8 Å². The first kappa shape index (κ1) is 18.5.